The number of nitrogens with two attached hydrogens (primary N) is 1. The highest BCUT2D eigenvalue weighted by molar-refractivity contribution is 5.94. The van der Waals surface area contributed by atoms with Crippen LogP contribution in [-0.4, -0.2) is 30.7 Å². The highest BCUT2D eigenvalue weighted by Gasteiger charge is 2.15. The summed E-state index contributed by atoms with van der Waals surface area (Å²) in [5.74, 6) is -0.364. The molecule has 122 valence electrons. The van der Waals surface area contributed by atoms with Crippen LogP contribution in [-0.2, 0) is 11.3 Å². The molecule has 0 spiro atoms. The van der Waals surface area contributed by atoms with Crippen LogP contribution in [0.25, 0.3) is 0 Å². The second kappa shape index (κ2) is 8.38. The first-order chi connectivity index (χ1) is 14.1. The Morgan fingerprint density at radius 3 is 2.41 bits per heavy atom. The number of hydrogen-bond acceptors (Lipinski definition) is 4. The van der Waals surface area contributed by atoms with Gasteiger partial charge >= 0.3 is 6.09 Å². The Hall–Kier alpha value is -2.08. The number of rotatable bonds is 6. The predicted molar refractivity (Wildman–Crippen MR) is 85.5 cm³/mol. The van der Waals surface area contributed by atoms with Gasteiger partial charge in [-0.1, -0.05) is 12.1 Å². The van der Waals surface area contributed by atoms with E-state index in [2.05, 4.69) is 15.4 Å². The molecule has 0 atom stereocenters. The van der Waals surface area contributed by atoms with E-state index in [9.17, 15) is 9.59 Å². The molecular formula is C16H25N3O3. The average Bonchev–Trinajstić information content (AvgIpc) is 2.62. The predicted octanol–water partition coefficient (Wildman–Crippen LogP) is 1.79. The number of carbonyl (C=O) groups excluding carboxylic acids is 2. The van der Waals surface area contributed by atoms with Crippen LogP contribution in [0.4, 0.5) is 4.79 Å². The van der Waals surface area contributed by atoms with Crippen molar-refractivity contribution in [2.24, 2.45) is 5.73 Å². The second-order valence-electron chi connectivity index (χ2n) is 4.51. The molecule has 1 rings (SSSR count). The summed E-state index contributed by atoms with van der Waals surface area (Å²) < 4.78 is 71.1. The summed E-state index contributed by atoms with van der Waals surface area (Å²) in [5.41, 5.74) is 3.06. The van der Waals surface area contributed by atoms with E-state index in [1.54, 1.807) is 24.3 Å². The lowest BCUT2D eigenvalue weighted by atomic mass is 10.1. The zero-order valence-corrected chi connectivity index (χ0v) is 11.9. The van der Waals surface area contributed by atoms with Gasteiger partial charge < -0.3 is 21.1 Å². The van der Waals surface area contributed by atoms with Crippen molar-refractivity contribution in [3.8, 4) is 0 Å². The number of amides is 2. The molecule has 4 N–H and O–H groups in total. The number of ether oxygens (including phenoxy) is 1. The molecule has 6 nitrogen and oxygen atoms in total. The quantitative estimate of drug-likeness (QED) is 0.698. The fraction of sp³-hybridized carbons (Fsp3) is 0.500. The summed E-state index contributed by atoms with van der Waals surface area (Å²) in [4.78, 5) is 24.0. The van der Waals surface area contributed by atoms with Gasteiger partial charge in [-0.25, -0.2) is 4.79 Å². The largest absolute Gasteiger partial charge is 0.444 e. The molecule has 0 aliphatic rings. The van der Waals surface area contributed by atoms with Gasteiger partial charge in [0.1, 0.15) is 5.60 Å². The highest BCUT2D eigenvalue weighted by atomic mass is 16.6. The Morgan fingerprint density at radius 2 is 1.82 bits per heavy atom. The Bertz CT molecular complexity index is 723. The SMILES string of the molecule is [2H]C([2H])([2H])C(OC(=O)NCCCNC(=O)c1ccc(CN)cc1)(C([2H])([2H])[2H])C([2H])([2H])[2H]. The van der Waals surface area contributed by atoms with Crippen LogP contribution >= 0.6 is 0 Å². The molecule has 2 amide bonds. The molecule has 0 heterocycles. The first-order valence-corrected chi connectivity index (χ1v) is 6.61. The van der Waals surface area contributed by atoms with E-state index in [0.29, 0.717) is 12.1 Å². The minimum atomic E-state index is -3.69. The summed E-state index contributed by atoms with van der Waals surface area (Å²) >= 11 is 0. The van der Waals surface area contributed by atoms with Crippen molar-refractivity contribution in [3.63, 3.8) is 0 Å². The molecule has 0 radical (unpaired) electrons. The number of alkyl carbamates (subject to hydrolysis) is 1. The minimum Gasteiger partial charge on any atom is -0.444 e. The van der Waals surface area contributed by atoms with Crippen LogP contribution in [0.5, 0.6) is 0 Å². The monoisotopic (exact) mass is 316 g/mol. The lowest BCUT2D eigenvalue weighted by molar-refractivity contribution is 0.0527. The molecule has 0 aliphatic carbocycles. The first kappa shape index (κ1) is 8.53. The van der Waals surface area contributed by atoms with E-state index in [1.807, 2.05) is 0 Å². The third kappa shape index (κ3) is 7.08. The van der Waals surface area contributed by atoms with Gasteiger partial charge in [0, 0.05) is 37.5 Å². The Labute approximate surface area is 144 Å². The molecular weight excluding hydrogens is 282 g/mol. The average molecular weight is 316 g/mol. The van der Waals surface area contributed by atoms with E-state index in [-0.39, 0.29) is 25.4 Å². The maximum Gasteiger partial charge on any atom is 0.407 e. The smallest absolute Gasteiger partial charge is 0.407 e. The van der Waals surface area contributed by atoms with Crippen molar-refractivity contribution in [1.29, 1.82) is 0 Å². The van der Waals surface area contributed by atoms with Crippen molar-refractivity contribution in [2.75, 3.05) is 13.1 Å². The van der Waals surface area contributed by atoms with Crippen LogP contribution in [0, 0.1) is 0 Å². The van der Waals surface area contributed by atoms with Crippen LogP contribution in [0.15, 0.2) is 24.3 Å². The van der Waals surface area contributed by atoms with Gasteiger partial charge in [0.05, 0.1) is 0 Å². The topological polar surface area (TPSA) is 93.5 Å². The van der Waals surface area contributed by atoms with Gasteiger partial charge in [-0.15, -0.1) is 0 Å². The van der Waals surface area contributed by atoms with E-state index in [4.69, 9.17) is 18.1 Å². The number of benzene rings is 1. The number of nitrogens with one attached hydrogen (secondary N) is 2. The molecule has 0 saturated heterocycles. The van der Waals surface area contributed by atoms with Gasteiger partial charge in [-0.2, -0.15) is 0 Å². The van der Waals surface area contributed by atoms with E-state index in [0.717, 1.165) is 5.56 Å². The fourth-order valence-corrected chi connectivity index (χ4v) is 1.55. The summed E-state index contributed by atoms with van der Waals surface area (Å²) in [6, 6.07) is 6.62. The van der Waals surface area contributed by atoms with Crippen LogP contribution < -0.4 is 16.4 Å². The first-order valence-electron chi connectivity index (χ1n) is 11.1. The highest BCUT2D eigenvalue weighted by Crippen LogP contribution is 2.06. The zero-order chi connectivity index (χ0) is 24.1. The van der Waals surface area contributed by atoms with Gasteiger partial charge in [-0.05, 0) is 44.7 Å². The van der Waals surface area contributed by atoms with Crippen molar-refractivity contribution in [3.05, 3.63) is 35.4 Å². The summed E-state index contributed by atoms with van der Waals surface area (Å²) in [6.07, 6.45) is -1.32. The van der Waals surface area contributed by atoms with E-state index >= 15 is 0 Å². The van der Waals surface area contributed by atoms with Crippen LogP contribution in [0.3, 0.4) is 0 Å². The molecule has 22 heavy (non-hydrogen) atoms. The molecule has 0 fully saturated rings. The molecule has 0 aliphatic heterocycles. The Balaban J connectivity index is 2.63. The Kier molecular flexibility index (Phi) is 3.25. The Morgan fingerprint density at radius 1 is 1.18 bits per heavy atom. The van der Waals surface area contributed by atoms with E-state index in [1.165, 1.54) is 0 Å². The molecule has 0 saturated carbocycles. The van der Waals surface area contributed by atoms with Crippen LogP contribution in [0.2, 0.25) is 0 Å². The summed E-state index contributed by atoms with van der Waals surface area (Å²) in [5, 5.41) is 4.71. The maximum absolute atomic E-state index is 12.0. The second-order valence-corrected chi connectivity index (χ2v) is 4.51. The lowest BCUT2D eigenvalue weighted by Crippen LogP contribution is -2.34. The summed E-state index contributed by atoms with van der Waals surface area (Å²) in [6.45, 7) is -10.6. The third-order valence-electron chi connectivity index (χ3n) is 2.61. The van der Waals surface area contributed by atoms with Gasteiger partial charge in [-0.3, -0.25) is 4.79 Å². The van der Waals surface area contributed by atoms with Crippen LogP contribution in [0.1, 0.15) is 55.2 Å². The summed E-state index contributed by atoms with van der Waals surface area (Å²) in [7, 11) is 0. The third-order valence-corrected chi connectivity index (χ3v) is 2.61. The van der Waals surface area contributed by atoms with Gasteiger partial charge in [0.2, 0.25) is 0 Å². The number of hydrogen-bond donors (Lipinski definition) is 3. The molecule has 0 aromatic heterocycles. The van der Waals surface area contributed by atoms with E-state index < -0.39 is 32.2 Å². The van der Waals surface area contributed by atoms with Gasteiger partial charge in [0.15, 0.2) is 0 Å². The van der Waals surface area contributed by atoms with Gasteiger partial charge in [0.25, 0.3) is 5.91 Å². The zero-order valence-electron chi connectivity index (χ0n) is 20.9. The van der Waals surface area contributed by atoms with Crippen molar-refractivity contribution in [1.82, 2.24) is 10.6 Å². The molecule has 1 aromatic carbocycles. The molecule has 1 aromatic rings. The normalized spacial score (nSPS) is 18.7. The maximum atomic E-state index is 12.0. The number of carbonyl (C=O) groups is 2. The van der Waals surface area contributed by atoms with Crippen molar-refractivity contribution in [2.45, 2.75) is 39.1 Å². The van der Waals surface area contributed by atoms with Crippen molar-refractivity contribution >= 4 is 12.0 Å². The molecule has 6 heteroatoms. The van der Waals surface area contributed by atoms with Crippen molar-refractivity contribution < 1.29 is 26.7 Å². The molecule has 0 unspecified atom stereocenters. The lowest BCUT2D eigenvalue weighted by Gasteiger charge is -2.19. The standard InChI is InChI=1S/C16H25N3O3/c1-16(2,3)22-15(21)19-10-4-9-18-14(20)13-7-5-12(11-17)6-8-13/h5-8H,4,9-11,17H2,1-3H3,(H,18,20)(H,19,21)/i1D3,2D3,3D3. The minimum absolute atomic E-state index is 0.126. The molecule has 0 bridgehead atoms. The fourth-order valence-electron chi connectivity index (χ4n) is 1.55.